The fourth-order valence-corrected chi connectivity index (χ4v) is 2.77. The van der Waals surface area contributed by atoms with Crippen molar-refractivity contribution in [2.24, 2.45) is 11.8 Å². The fourth-order valence-electron chi connectivity index (χ4n) is 2.77. The first-order valence-electron chi connectivity index (χ1n) is 6.58. The van der Waals surface area contributed by atoms with Crippen LogP contribution in [-0.4, -0.2) is 12.6 Å². The molecule has 0 aliphatic heterocycles. The van der Waals surface area contributed by atoms with Crippen LogP contribution in [-0.2, 0) is 0 Å². The summed E-state index contributed by atoms with van der Waals surface area (Å²) in [7, 11) is 0. The maximum Gasteiger partial charge on any atom is 0.00413 e. The molecule has 0 spiro atoms. The van der Waals surface area contributed by atoms with Gasteiger partial charge >= 0.3 is 0 Å². The van der Waals surface area contributed by atoms with E-state index in [2.05, 4.69) is 12.2 Å². The summed E-state index contributed by atoms with van der Waals surface area (Å²) in [6.07, 6.45) is 11.8. The molecule has 2 aliphatic carbocycles. The van der Waals surface area contributed by atoms with Gasteiger partial charge in [0.1, 0.15) is 0 Å². The zero-order valence-corrected chi connectivity index (χ0v) is 9.60. The number of hydrogen-bond acceptors (Lipinski definition) is 1. The van der Waals surface area contributed by atoms with Crippen LogP contribution in [0.2, 0.25) is 0 Å². The first-order valence-corrected chi connectivity index (χ1v) is 6.58. The molecule has 0 saturated heterocycles. The Kier molecular flexibility index (Phi) is 3.86. The molecule has 1 heteroatoms. The third kappa shape index (κ3) is 3.61. The van der Waals surface area contributed by atoms with Crippen molar-refractivity contribution in [1.29, 1.82) is 0 Å². The van der Waals surface area contributed by atoms with Gasteiger partial charge in [0, 0.05) is 6.04 Å². The van der Waals surface area contributed by atoms with Crippen LogP contribution in [0.3, 0.4) is 0 Å². The lowest BCUT2D eigenvalue weighted by molar-refractivity contribution is 0.401. The minimum atomic E-state index is 0.761. The van der Waals surface area contributed by atoms with Gasteiger partial charge in [0.05, 0.1) is 0 Å². The van der Waals surface area contributed by atoms with Gasteiger partial charge in [0.15, 0.2) is 0 Å². The third-order valence-corrected chi connectivity index (χ3v) is 3.90. The van der Waals surface area contributed by atoms with E-state index in [9.17, 15) is 0 Å². The minimum Gasteiger partial charge on any atom is -0.314 e. The van der Waals surface area contributed by atoms with Crippen molar-refractivity contribution in [2.45, 2.75) is 64.3 Å². The zero-order chi connectivity index (χ0) is 9.80. The van der Waals surface area contributed by atoms with Gasteiger partial charge in [-0.25, -0.2) is 0 Å². The van der Waals surface area contributed by atoms with Crippen LogP contribution in [0.1, 0.15) is 58.3 Å². The lowest BCUT2D eigenvalue weighted by Crippen LogP contribution is -2.29. The molecule has 1 nitrogen and oxygen atoms in total. The monoisotopic (exact) mass is 195 g/mol. The van der Waals surface area contributed by atoms with E-state index in [1.807, 2.05) is 0 Å². The SMILES string of the molecule is CC(CC1CCCC1)NCCC1CC1. The average Bonchev–Trinajstić information content (AvgIpc) is 2.83. The number of rotatable bonds is 6. The molecule has 0 aromatic carbocycles. The lowest BCUT2D eigenvalue weighted by Gasteiger charge is -2.17. The van der Waals surface area contributed by atoms with Gasteiger partial charge in [0.25, 0.3) is 0 Å². The van der Waals surface area contributed by atoms with Crippen molar-refractivity contribution in [2.75, 3.05) is 6.54 Å². The van der Waals surface area contributed by atoms with Crippen LogP contribution in [0.4, 0.5) is 0 Å². The number of nitrogens with one attached hydrogen (secondary N) is 1. The fraction of sp³-hybridized carbons (Fsp3) is 1.00. The second-order valence-corrected chi connectivity index (χ2v) is 5.47. The van der Waals surface area contributed by atoms with Gasteiger partial charge in [-0.3, -0.25) is 0 Å². The van der Waals surface area contributed by atoms with E-state index in [4.69, 9.17) is 0 Å². The van der Waals surface area contributed by atoms with E-state index in [1.165, 1.54) is 57.9 Å². The summed E-state index contributed by atoms with van der Waals surface area (Å²) in [5.41, 5.74) is 0. The highest BCUT2D eigenvalue weighted by Crippen LogP contribution is 2.32. The third-order valence-electron chi connectivity index (χ3n) is 3.90. The molecule has 0 aromatic rings. The van der Waals surface area contributed by atoms with E-state index >= 15 is 0 Å². The largest absolute Gasteiger partial charge is 0.314 e. The van der Waals surface area contributed by atoms with Gasteiger partial charge in [-0.2, -0.15) is 0 Å². The van der Waals surface area contributed by atoms with E-state index in [-0.39, 0.29) is 0 Å². The maximum absolute atomic E-state index is 3.68. The summed E-state index contributed by atoms with van der Waals surface area (Å²) in [6, 6.07) is 0.761. The molecule has 2 saturated carbocycles. The summed E-state index contributed by atoms with van der Waals surface area (Å²) in [5.74, 6) is 2.12. The van der Waals surface area contributed by atoms with Gasteiger partial charge in [-0.15, -0.1) is 0 Å². The zero-order valence-electron chi connectivity index (χ0n) is 9.60. The summed E-state index contributed by atoms with van der Waals surface area (Å²) in [4.78, 5) is 0. The van der Waals surface area contributed by atoms with Crippen LogP contribution in [0.5, 0.6) is 0 Å². The first kappa shape index (κ1) is 10.5. The summed E-state index contributed by atoms with van der Waals surface area (Å²) >= 11 is 0. The normalized spacial score (nSPS) is 25.5. The van der Waals surface area contributed by atoms with Crippen molar-refractivity contribution in [3.05, 3.63) is 0 Å². The van der Waals surface area contributed by atoms with E-state index in [1.54, 1.807) is 0 Å². The molecule has 14 heavy (non-hydrogen) atoms. The van der Waals surface area contributed by atoms with Crippen LogP contribution in [0.25, 0.3) is 0 Å². The quantitative estimate of drug-likeness (QED) is 0.685. The molecule has 82 valence electrons. The molecule has 2 aliphatic rings. The van der Waals surface area contributed by atoms with Crippen molar-refractivity contribution in [3.63, 3.8) is 0 Å². The second-order valence-electron chi connectivity index (χ2n) is 5.47. The lowest BCUT2D eigenvalue weighted by atomic mass is 9.99. The maximum atomic E-state index is 3.68. The van der Waals surface area contributed by atoms with Crippen LogP contribution in [0.15, 0.2) is 0 Å². The van der Waals surface area contributed by atoms with Crippen molar-refractivity contribution < 1.29 is 0 Å². The molecule has 0 amide bonds. The Morgan fingerprint density at radius 1 is 1.07 bits per heavy atom. The van der Waals surface area contributed by atoms with Gasteiger partial charge < -0.3 is 5.32 Å². The highest BCUT2D eigenvalue weighted by Gasteiger charge is 2.21. The Hall–Kier alpha value is -0.0400. The molecular weight excluding hydrogens is 170 g/mol. The van der Waals surface area contributed by atoms with Crippen LogP contribution >= 0.6 is 0 Å². The number of hydrogen-bond donors (Lipinski definition) is 1. The minimum absolute atomic E-state index is 0.761. The average molecular weight is 195 g/mol. The highest BCUT2D eigenvalue weighted by molar-refractivity contribution is 4.76. The summed E-state index contributed by atoms with van der Waals surface area (Å²) in [5, 5.41) is 3.68. The molecule has 0 radical (unpaired) electrons. The molecule has 1 unspecified atom stereocenters. The Morgan fingerprint density at radius 2 is 1.79 bits per heavy atom. The molecule has 0 bridgehead atoms. The first-order chi connectivity index (χ1) is 6.84. The molecule has 0 heterocycles. The Morgan fingerprint density at radius 3 is 2.43 bits per heavy atom. The highest BCUT2D eigenvalue weighted by atomic mass is 14.9. The van der Waals surface area contributed by atoms with E-state index in [0.29, 0.717) is 0 Å². The Bertz CT molecular complexity index is 157. The van der Waals surface area contributed by atoms with Crippen molar-refractivity contribution in [3.8, 4) is 0 Å². The molecule has 1 atom stereocenters. The molecular formula is C13H25N. The van der Waals surface area contributed by atoms with E-state index in [0.717, 1.165) is 17.9 Å². The van der Waals surface area contributed by atoms with Crippen LogP contribution < -0.4 is 5.32 Å². The predicted molar refractivity (Wildman–Crippen MR) is 61.4 cm³/mol. The second kappa shape index (κ2) is 5.16. The molecule has 2 fully saturated rings. The topological polar surface area (TPSA) is 12.0 Å². The van der Waals surface area contributed by atoms with Crippen molar-refractivity contribution >= 4 is 0 Å². The molecule has 1 N–H and O–H groups in total. The summed E-state index contributed by atoms with van der Waals surface area (Å²) < 4.78 is 0. The standard InChI is InChI=1S/C13H25N/c1-11(10-13-4-2-3-5-13)14-9-8-12-6-7-12/h11-14H,2-10H2,1H3. The molecule has 0 aromatic heterocycles. The summed E-state index contributed by atoms with van der Waals surface area (Å²) in [6.45, 7) is 3.63. The Labute approximate surface area is 88.7 Å². The van der Waals surface area contributed by atoms with Gasteiger partial charge in [0.2, 0.25) is 0 Å². The van der Waals surface area contributed by atoms with E-state index < -0.39 is 0 Å². The van der Waals surface area contributed by atoms with Crippen LogP contribution in [0, 0.1) is 11.8 Å². The smallest absolute Gasteiger partial charge is 0.00413 e. The van der Waals surface area contributed by atoms with Gasteiger partial charge in [-0.05, 0) is 38.1 Å². The predicted octanol–water partition coefficient (Wildman–Crippen LogP) is 3.34. The van der Waals surface area contributed by atoms with Crippen molar-refractivity contribution in [1.82, 2.24) is 5.32 Å². The Balaban J connectivity index is 1.50. The molecule has 2 rings (SSSR count). The van der Waals surface area contributed by atoms with Gasteiger partial charge in [-0.1, -0.05) is 38.5 Å².